The van der Waals surface area contributed by atoms with Gasteiger partial charge in [0.1, 0.15) is 40.8 Å². The van der Waals surface area contributed by atoms with Crippen LogP contribution >= 0.6 is 0 Å². The number of ether oxygens (including phenoxy) is 5. The van der Waals surface area contributed by atoms with Crippen LogP contribution in [0.3, 0.4) is 0 Å². The zero-order valence-electron chi connectivity index (χ0n) is 24.0. The van der Waals surface area contributed by atoms with Gasteiger partial charge in [-0.05, 0) is 58.6 Å². The number of esters is 1. The molecule has 3 aliphatic heterocycles. The summed E-state index contributed by atoms with van der Waals surface area (Å²) in [4.78, 5) is 25.4. The van der Waals surface area contributed by atoms with Crippen molar-refractivity contribution in [3.05, 3.63) is 53.3 Å². The van der Waals surface area contributed by atoms with Crippen molar-refractivity contribution in [2.75, 3.05) is 0 Å². The molecular formula is C31H41NO7. The van der Waals surface area contributed by atoms with E-state index in [9.17, 15) is 9.59 Å². The zero-order valence-corrected chi connectivity index (χ0v) is 24.0. The summed E-state index contributed by atoms with van der Waals surface area (Å²) in [5.74, 6) is 0.566. The average molecular weight is 540 g/mol. The van der Waals surface area contributed by atoms with Crippen molar-refractivity contribution < 1.29 is 33.3 Å². The summed E-state index contributed by atoms with van der Waals surface area (Å²) in [5.41, 5.74) is 0.160. The largest absolute Gasteiger partial charge is 0.466 e. The van der Waals surface area contributed by atoms with Crippen LogP contribution in [0.4, 0.5) is 4.79 Å². The number of alkyl carbamates (subject to hydrolysis) is 1. The summed E-state index contributed by atoms with van der Waals surface area (Å²) < 4.78 is 31.4. The highest BCUT2D eigenvalue weighted by Crippen LogP contribution is 2.63. The molecule has 212 valence electrons. The summed E-state index contributed by atoms with van der Waals surface area (Å²) in [7, 11) is 0. The number of allylic oxidation sites excluding steroid dienone is 1. The molecule has 2 fully saturated rings. The Hall–Kier alpha value is -2.84. The molecule has 2 bridgehead atoms. The van der Waals surface area contributed by atoms with Crippen LogP contribution in [-0.4, -0.2) is 53.4 Å². The Morgan fingerprint density at radius 3 is 2.54 bits per heavy atom. The number of amides is 1. The van der Waals surface area contributed by atoms with Crippen LogP contribution in [0.5, 0.6) is 0 Å². The molecule has 0 radical (unpaired) electrons. The molecular weight excluding hydrogens is 498 g/mol. The molecule has 3 heterocycles. The molecule has 1 aromatic rings. The Labute approximate surface area is 231 Å². The van der Waals surface area contributed by atoms with Gasteiger partial charge in [0, 0.05) is 24.3 Å². The number of benzene rings is 1. The van der Waals surface area contributed by atoms with Crippen LogP contribution < -0.4 is 5.32 Å². The first-order chi connectivity index (χ1) is 18.3. The highest BCUT2D eigenvalue weighted by molar-refractivity contribution is 5.81. The lowest BCUT2D eigenvalue weighted by Crippen LogP contribution is -2.60. The summed E-state index contributed by atoms with van der Waals surface area (Å²) in [6.07, 6.45) is 4.10. The van der Waals surface area contributed by atoms with E-state index in [1.54, 1.807) is 27.7 Å². The van der Waals surface area contributed by atoms with Crippen molar-refractivity contribution in [1.82, 2.24) is 5.32 Å². The van der Waals surface area contributed by atoms with Gasteiger partial charge >= 0.3 is 12.1 Å². The van der Waals surface area contributed by atoms with Crippen molar-refractivity contribution in [3.8, 4) is 0 Å². The van der Waals surface area contributed by atoms with Crippen LogP contribution in [0.2, 0.25) is 0 Å². The van der Waals surface area contributed by atoms with Gasteiger partial charge < -0.3 is 29.0 Å². The maximum atomic E-state index is 13.2. The minimum absolute atomic E-state index is 0.0119. The second-order valence-corrected chi connectivity index (χ2v) is 12.6. The van der Waals surface area contributed by atoms with E-state index in [1.807, 2.05) is 49.4 Å². The SMILES string of the molecule is CC(NC(=O)OC(C)(C)C)C(=O)OC1CC2(C(C)C)OC1(C)C1CCC3=C1C2OC(/C=C/c1ccccc1)O3. The van der Waals surface area contributed by atoms with Gasteiger partial charge in [-0.25, -0.2) is 9.59 Å². The number of hydrogen-bond donors (Lipinski definition) is 1. The third kappa shape index (κ3) is 5.09. The monoisotopic (exact) mass is 539 g/mol. The summed E-state index contributed by atoms with van der Waals surface area (Å²) in [6.45, 7) is 13.2. The minimum Gasteiger partial charge on any atom is -0.466 e. The number of hydrogen-bond acceptors (Lipinski definition) is 7. The predicted molar refractivity (Wildman–Crippen MR) is 145 cm³/mol. The zero-order chi connectivity index (χ0) is 28.2. The van der Waals surface area contributed by atoms with Crippen LogP contribution in [0.1, 0.15) is 73.3 Å². The lowest BCUT2D eigenvalue weighted by molar-refractivity contribution is -0.258. The normalized spacial score (nSPS) is 34.1. The van der Waals surface area contributed by atoms with Crippen molar-refractivity contribution in [2.45, 2.75) is 109 Å². The van der Waals surface area contributed by atoms with Gasteiger partial charge in [0.15, 0.2) is 0 Å². The van der Waals surface area contributed by atoms with Gasteiger partial charge in [0.25, 0.3) is 0 Å². The first-order valence-electron chi connectivity index (χ1n) is 14.0. The quantitative estimate of drug-likeness (QED) is 0.476. The third-order valence-electron chi connectivity index (χ3n) is 8.43. The highest BCUT2D eigenvalue weighted by Gasteiger charge is 2.71. The lowest BCUT2D eigenvalue weighted by atomic mass is 9.74. The fourth-order valence-electron chi connectivity index (χ4n) is 6.48. The van der Waals surface area contributed by atoms with E-state index in [4.69, 9.17) is 23.7 Å². The van der Waals surface area contributed by atoms with E-state index < -0.39 is 47.3 Å². The molecule has 5 rings (SSSR count). The van der Waals surface area contributed by atoms with Crippen LogP contribution in [0, 0.1) is 11.8 Å². The molecule has 0 saturated carbocycles. The second kappa shape index (κ2) is 9.97. The number of fused-ring (bicyclic) bond motifs is 4. The number of nitrogens with one attached hydrogen (secondary N) is 1. The molecule has 8 nitrogen and oxygen atoms in total. The minimum atomic E-state index is -0.869. The van der Waals surface area contributed by atoms with Gasteiger partial charge in [0.2, 0.25) is 6.29 Å². The standard InChI is InChI=1S/C31H41NO7/c1-18(2)31-17-23(36-27(33)19(3)32-28(34)38-29(4,5)6)30(7,39-31)21-14-15-22-25(21)26(31)37-24(35-22)16-13-20-11-9-8-10-12-20/h8-13,16,18-19,21,23-24,26H,14-15,17H2,1-7H3,(H,32,34)/b16-13+. The average Bonchev–Trinajstić information content (AvgIpc) is 3.40. The van der Waals surface area contributed by atoms with E-state index in [0.717, 1.165) is 29.7 Å². The Balaban J connectivity index is 1.37. The first kappa shape index (κ1) is 27.7. The summed E-state index contributed by atoms with van der Waals surface area (Å²) in [6, 6.07) is 9.19. The maximum absolute atomic E-state index is 13.2. The van der Waals surface area contributed by atoms with Gasteiger partial charge in [0.05, 0.1) is 0 Å². The lowest BCUT2D eigenvalue weighted by Gasteiger charge is -2.52. The Kier molecular flexibility index (Phi) is 7.08. The predicted octanol–water partition coefficient (Wildman–Crippen LogP) is 5.52. The van der Waals surface area contributed by atoms with Gasteiger partial charge in [-0.15, -0.1) is 0 Å². The van der Waals surface area contributed by atoms with Crippen molar-refractivity contribution >= 4 is 18.1 Å². The number of carbonyl (C=O) groups excluding carboxylic acids is 2. The molecule has 1 N–H and O–H groups in total. The van der Waals surface area contributed by atoms with E-state index in [-0.39, 0.29) is 17.9 Å². The van der Waals surface area contributed by atoms with Crippen molar-refractivity contribution in [2.24, 2.45) is 11.8 Å². The van der Waals surface area contributed by atoms with E-state index >= 15 is 0 Å². The van der Waals surface area contributed by atoms with Gasteiger partial charge in [-0.3, -0.25) is 0 Å². The van der Waals surface area contributed by atoms with Gasteiger partial charge in [-0.2, -0.15) is 0 Å². The molecule has 0 aromatic heterocycles. The van der Waals surface area contributed by atoms with Crippen molar-refractivity contribution in [1.29, 1.82) is 0 Å². The fraction of sp³-hybridized carbons (Fsp3) is 0.613. The second-order valence-electron chi connectivity index (χ2n) is 12.6. The molecule has 7 unspecified atom stereocenters. The highest BCUT2D eigenvalue weighted by atomic mass is 16.7. The first-order valence-corrected chi connectivity index (χ1v) is 14.0. The smallest absolute Gasteiger partial charge is 0.408 e. The number of rotatable bonds is 6. The molecule has 1 aliphatic carbocycles. The Morgan fingerprint density at radius 1 is 1.15 bits per heavy atom. The molecule has 2 saturated heterocycles. The number of carbonyl (C=O) groups is 2. The van der Waals surface area contributed by atoms with E-state index in [1.165, 1.54) is 0 Å². The van der Waals surface area contributed by atoms with Crippen LogP contribution in [-0.2, 0) is 28.5 Å². The van der Waals surface area contributed by atoms with E-state index in [0.29, 0.717) is 6.42 Å². The fourth-order valence-corrected chi connectivity index (χ4v) is 6.48. The Bertz CT molecular complexity index is 1170. The van der Waals surface area contributed by atoms with Crippen LogP contribution in [0.25, 0.3) is 6.08 Å². The Morgan fingerprint density at radius 2 is 1.87 bits per heavy atom. The van der Waals surface area contributed by atoms with Gasteiger partial charge in [-0.1, -0.05) is 50.3 Å². The molecule has 1 aromatic carbocycles. The summed E-state index contributed by atoms with van der Waals surface area (Å²) in [5, 5.41) is 2.59. The molecule has 4 aliphatic rings. The van der Waals surface area contributed by atoms with Crippen LogP contribution in [0.15, 0.2) is 47.7 Å². The molecule has 0 spiro atoms. The van der Waals surface area contributed by atoms with Crippen molar-refractivity contribution in [3.63, 3.8) is 0 Å². The molecule has 7 atom stereocenters. The summed E-state index contributed by atoms with van der Waals surface area (Å²) >= 11 is 0. The topological polar surface area (TPSA) is 92.3 Å². The third-order valence-corrected chi connectivity index (χ3v) is 8.43. The van der Waals surface area contributed by atoms with E-state index in [2.05, 4.69) is 19.2 Å². The molecule has 1 amide bonds. The maximum Gasteiger partial charge on any atom is 0.408 e. The molecule has 39 heavy (non-hydrogen) atoms. The molecule has 8 heteroatoms.